The summed E-state index contributed by atoms with van der Waals surface area (Å²) in [7, 11) is 0. The van der Waals surface area contributed by atoms with Gasteiger partial charge in [-0.2, -0.15) is 10.1 Å². The van der Waals surface area contributed by atoms with Gasteiger partial charge in [-0.05, 0) is 50.8 Å². The third-order valence-corrected chi connectivity index (χ3v) is 7.66. The molecule has 0 radical (unpaired) electrons. The zero-order valence-corrected chi connectivity index (χ0v) is 18.6. The molecule has 1 N–H and O–H groups in total. The average Bonchev–Trinajstić information content (AvgIpc) is 3.35. The Morgan fingerprint density at radius 2 is 2.03 bits per heavy atom. The fourth-order valence-corrected chi connectivity index (χ4v) is 5.80. The summed E-state index contributed by atoms with van der Waals surface area (Å²) in [6.07, 6.45) is 7.84. The van der Waals surface area contributed by atoms with Crippen molar-refractivity contribution in [3.63, 3.8) is 0 Å². The second-order valence-electron chi connectivity index (χ2n) is 8.75. The monoisotopic (exact) mass is 441 g/mol. The van der Waals surface area contributed by atoms with E-state index in [9.17, 15) is 9.18 Å². The molecule has 1 aliphatic heterocycles. The lowest BCUT2D eigenvalue weighted by atomic mass is 9.93. The highest BCUT2D eigenvalue weighted by Gasteiger charge is 2.29. The first kappa shape index (κ1) is 20.4. The number of fused-ring (bicyclic) bond motifs is 1. The number of hydrogen-bond acceptors (Lipinski definition) is 5. The van der Waals surface area contributed by atoms with E-state index in [0.717, 1.165) is 53.4 Å². The van der Waals surface area contributed by atoms with E-state index in [0.29, 0.717) is 18.3 Å². The summed E-state index contributed by atoms with van der Waals surface area (Å²) in [6, 6.07) is 6.76. The Bertz CT molecular complexity index is 1090. The molecule has 0 spiro atoms. The molecule has 2 aromatic heterocycles. The van der Waals surface area contributed by atoms with Crippen molar-refractivity contribution in [3.05, 3.63) is 35.8 Å². The Hall–Kier alpha value is -2.48. The molecule has 8 heteroatoms. The number of aromatic nitrogens is 3. The first-order valence-electron chi connectivity index (χ1n) is 11.3. The summed E-state index contributed by atoms with van der Waals surface area (Å²) in [5, 5.41) is 8.78. The minimum atomic E-state index is -0.294. The molecular weight excluding hydrogens is 413 g/mol. The van der Waals surface area contributed by atoms with Crippen LogP contribution in [0.3, 0.4) is 0 Å². The second kappa shape index (κ2) is 8.57. The number of thiazole rings is 1. The van der Waals surface area contributed by atoms with Crippen LogP contribution in [0.2, 0.25) is 0 Å². The number of aryl methyl sites for hydroxylation is 1. The quantitative estimate of drug-likeness (QED) is 0.643. The van der Waals surface area contributed by atoms with Crippen LogP contribution in [0.5, 0.6) is 0 Å². The maximum Gasteiger partial charge on any atom is 0.225 e. The van der Waals surface area contributed by atoms with Crippen molar-refractivity contribution in [2.45, 2.75) is 57.9 Å². The number of nitrogens with one attached hydrogen (secondary N) is 1. The van der Waals surface area contributed by atoms with Crippen LogP contribution >= 0.6 is 11.3 Å². The van der Waals surface area contributed by atoms with E-state index in [-0.39, 0.29) is 17.6 Å². The SMILES string of the molecule is Cc1nn(-c2cccc(F)c2)c2nc(N3CCCC(C(=O)NC4CCCCC4)C3)sc12. The van der Waals surface area contributed by atoms with E-state index in [4.69, 9.17) is 4.98 Å². The summed E-state index contributed by atoms with van der Waals surface area (Å²) in [4.78, 5) is 20.0. The highest BCUT2D eigenvalue weighted by atomic mass is 32.1. The number of anilines is 1. The highest BCUT2D eigenvalue weighted by Crippen LogP contribution is 2.34. The van der Waals surface area contributed by atoms with Crippen LogP contribution in [-0.2, 0) is 4.79 Å². The van der Waals surface area contributed by atoms with E-state index >= 15 is 0 Å². The molecule has 2 aliphatic rings. The smallest absolute Gasteiger partial charge is 0.225 e. The van der Waals surface area contributed by atoms with Gasteiger partial charge < -0.3 is 10.2 Å². The first-order chi connectivity index (χ1) is 15.1. The third-order valence-electron chi connectivity index (χ3n) is 6.44. The summed E-state index contributed by atoms with van der Waals surface area (Å²) < 4.78 is 16.5. The van der Waals surface area contributed by atoms with E-state index < -0.39 is 0 Å². The predicted octanol–water partition coefficient (Wildman–Crippen LogP) is 4.59. The minimum absolute atomic E-state index is 0.00324. The number of carbonyl (C=O) groups is 1. The molecule has 1 amide bonds. The molecule has 1 aliphatic carbocycles. The Morgan fingerprint density at radius 3 is 2.84 bits per heavy atom. The molecule has 1 saturated heterocycles. The van der Waals surface area contributed by atoms with Gasteiger partial charge in [-0.1, -0.05) is 36.7 Å². The zero-order valence-electron chi connectivity index (χ0n) is 17.8. The van der Waals surface area contributed by atoms with E-state index in [1.807, 2.05) is 13.0 Å². The molecule has 5 rings (SSSR count). The van der Waals surface area contributed by atoms with Crippen LogP contribution in [-0.4, -0.2) is 39.8 Å². The fraction of sp³-hybridized carbons (Fsp3) is 0.522. The van der Waals surface area contributed by atoms with Crippen molar-refractivity contribution < 1.29 is 9.18 Å². The number of piperidine rings is 1. The van der Waals surface area contributed by atoms with Gasteiger partial charge in [0.15, 0.2) is 10.8 Å². The first-order valence-corrected chi connectivity index (χ1v) is 12.1. The summed E-state index contributed by atoms with van der Waals surface area (Å²) in [5.74, 6) is -0.0968. The van der Waals surface area contributed by atoms with E-state index in [2.05, 4.69) is 15.3 Å². The van der Waals surface area contributed by atoms with Gasteiger partial charge >= 0.3 is 0 Å². The van der Waals surface area contributed by atoms with Gasteiger partial charge in [-0.15, -0.1) is 0 Å². The average molecular weight is 442 g/mol. The number of carbonyl (C=O) groups excluding carboxylic acids is 1. The van der Waals surface area contributed by atoms with Crippen LogP contribution in [0.1, 0.15) is 50.6 Å². The lowest BCUT2D eigenvalue weighted by Crippen LogP contribution is -2.46. The fourth-order valence-electron chi connectivity index (χ4n) is 4.78. The topological polar surface area (TPSA) is 63.1 Å². The lowest BCUT2D eigenvalue weighted by Gasteiger charge is -2.33. The molecule has 3 heterocycles. The number of nitrogens with zero attached hydrogens (tertiary/aromatic N) is 4. The Morgan fingerprint density at radius 1 is 1.19 bits per heavy atom. The van der Waals surface area contributed by atoms with Crippen LogP contribution in [0, 0.1) is 18.7 Å². The van der Waals surface area contributed by atoms with Crippen LogP contribution < -0.4 is 10.2 Å². The van der Waals surface area contributed by atoms with Crippen molar-refractivity contribution >= 4 is 32.7 Å². The summed E-state index contributed by atoms with van der Waals surface area (Å²) >= 11 is 1.61. The largest absolute Gasteiger partial charge is 0.353 e. The van der Waals surface area contributed by atoms with Gasteiger partial charge in [-0.3, -0.25) is 4.79 Å². The van der Waals surface area contributed by atoms with Gasteiger partial charge in [0.2, 0.25) is 5.91 Å². The van der Waals surface area contributed by atoms with E-state index in [1.165, 1.54) is 31.4 Å². The molecule has 0 bridgehead atoms. The van der Waals surface area contributed by atoms with Gasteiger partial charge in [0.05, 0.1) is 22.0 Å². The van der Waals surface area contributed by atoms with Crippen molar-refractivity contribution in [1.82, 2.24) is 20.1 Å². The predicted molar refractivity (Wildman–Crippen MR) is 121 cm³/mol. The number of halogens is 1. The van der Waals surface area contributed by atoms with Crippen molar-refractivity contribution in [3.8, 4) is 5.69 Å². The van der Waals surface area contributed by atoms with Crippen LogP contribution in [0.25, 0.3) is 16.0 Å². The van der Waals surface area contributed by atoms with Gasteiger partial charge in [-0.25, -0.2) is 9.07 Å². The molecule has 6 nitrogen and oxygen atoms in total. The van der Waals surface area contributed by atoms with Crippen molar-refractivity contribution in [2.24, 2.45) is 5.92 Å². The molecule has 3 aromatic rings. The summed E-state index contributed by atoms with van der Waals surface area (Å²) in [5.41, 5.74) is 2.29. The Kier molecular flexibility index (Phi) is 5.65. The van der Waals surface area contributed by atoms with Gasteiger partial charge in [0, 0.05) is 19.1 Å². The number of rotatable bonds is 4. The Balaban J connectivity index is 1.35. The maximum atomic E-state index is 13.7. The van der Waals surface area contributed by atoms with Crippen LogP contribution in [0.4, 0.5) is 9.52 Å². The van der Waals surface area contributed by atoms with Crippen LogP contribution in [0.15, 0.2) is 24.3 Å². The molecular formula is C23H28FN5OS. The normalized spacial score (nSPS) is 20.3. The molecule has 164 valence electrons. The number of amides is 1. The standard InChI is InChI=1S/C23H28FN5OS/c1-15-20-21(29(27-15)19-11-5-8-17(24)13-19)26-23(31-20)28-12-6-7-16(14-28)22(30)25-18-9-3-2-4-10-18/h5,8,11,13,16,18H,2-4,6-7,9-10,12,14H2,1H3,(H,25,30). The molecule has 31 heavy (non-hydrogen) atoms. The van der Waals surface area contributed by atoms with Crippen molar-refractivity contribution in [2.75, 3.05) is 18.0 Å². The number of benzene rings is 1. The minimum Gasteiger partial charge on any atom is -0.353 e. The molecule has 1 aromatic carbocycles. The van der Waals surface area contributed by atoms with Gasteiger partial charge in [0.25, 0.3) is 0 Å². The van der Waals surface area contributed by atoms with E-state index in [1.54, 1.807) is 22.1 Å². The van der Waals surface area contributed by atoms with Gasteiger partial charge in [0.1, 0.15) is 5.82 Å². The number of hydrogen-bond donors (Lipinski definition) is 1. The molecule has 2 fully saturated rings. The highest BCUT2D eigenvalue weighted by molar-refractivity contribution is 7.22. The molecule has 1 saturated carbocycles. The maximum absolute atomic E-state index is 13.7. The Labute approximate surface area is 185 Å². The second-order valence-corrected chi connectivity index (χ2v) is 9.73. The van der Waals surface area contributed by atoms with Crippen molar-refractivity contribution in [1.29, 1.82) is 0 Å². The third kappa shape index (κ3) is 4.18. The molecule has 1 unspecified atom stereocenters. The zero-order chi connectivity index (χ0) is 21.4. The lowest BCUT2D eigenvalue weighted by molar-refractivity contribution is -0.126. The molecule has 1 atom stereocenters. The summed E-state index contributed by atoms with van der Waals surface area (Å²) in [6.45, 7) is 3.55.